The van der Waals surface area contributed by atoms with Gasteiger partial charge in [0, 0.05) is 11.8 Å². The van der Waals surface area contributed by atoms with Crippen LogP contribution >= 0.6 is 8.58 Å². The molecule has 162 valence electrons. The largest absolute Gasteiger partial charge is 0.488 e. The average molecular weight is 440 g/mol. The average Bonchev–Trinajstić information content (AvgIpc) is 2.82. The van der Waals surface area contributed by atoms with Crippen LogP contribution in [0.25, 0.3) is 0 Å². The van der Waals surface area contributed by atoms with Crippen LogP contribution < -0.4 is 20.7 Å². The van der Waals surface area contributed by atoms with Crippen LogP contribution in [0, 0.1) is 6.92 Å². The first-order chi connectivity index (χ1) is 15.7. The van der Waals surface area contributed by atoms with E-state index < -0.39 is 0 Å². The van der Waals surface area contributed by atoms with Gasteiger partial charge in [0.2, 0.25) is 0 Å². The molecule has 0 bridgehead atoms. The van der Waals surface area contributed by atoms with Gasteiger partial charge in [0.05, 0.1) is 0 Å². The van der Waals surface area contributed by atoms with Crippen LogP contribution in [-0.2, 0) is 19.6 Å². The lowest BCUT2D eigenvalue weighted by Crippen LogP contribution is -2.17. The molecule has 32 heavy (non-hydrogen) atoms. The summed E-state index contributed by atoms with van der Waals surface area (Å²) in [5, 5.41) is 5.94. The maximum absolute atomic E-state index is 6.32. The molecule has 0 heterocycles. The highest BCUT2D eigenvalue weighted by atomic mass is 31.1. The summed E-state index contributed by atoms with van der Waals surface area (Å²) in [4.78, 5) is 0. The van der Waals surface area contributed by atoms with Crippen LogP contribution in [0.2, 0.25) is 0 Å². The van der Waals surface area contributed by atoms with Gasteiger partial charge in [-0.2, -0.15) is 0 Å². The van der Waals surface area contributed by atoms with E-state index >= 15 is 0 Å². The van der Waals surface area contributed by atoms with Crippen molar-refractivity contribution in [3.05, 3.63) is 125 Å². The molecular weight excluding hydrogens is 409 g/mol. The Morgan fingerprint density at radius 1 is 0.719 bits per heavy atom. The third kappa shape index (κ3) is 6.07. The number of rotatable bonds is 9. The molecule has 0 fully saturated rings. The molecule has 1 N–H and O–H groups in total. The van der Waals surface area contributed by atoms with Gasteiger partial charge < -0.3 is 10.1 Å². The van der Waals surface area contributed by atoms with Gasteiger partial charge in [-0.15, -0.1) is 0 Å². The second-order valence-corrected chi connectivity index (χ2v) is 9.41. The molecule has 0 radical (unpaired) electrons. The summed E-state index contributed by atoms with van der Waals surface area (Å²) in [5.41, 5.74) is 6.47. The second kappa shape index (κ2) is 11.1. The van der Waals surface area contributed by atoms with Crippen molar-refractivity contribution in [1.82, 2.24) is 5.32 Å². The Labute approximate surface area is 193 Å². The van der Waals surface area contributed by atoms with Crippen molar-refractivity contribution >= 4 is 19.2 Å². The standard InChI is InChI=1S/C29H30NOP/c1-22-13-16-28(26(17-22)20-30-2)32-29-19-25(18-23-9-5-3-6-10-23)14-15-27(29)31-21-24-11-7-4-8-12-24/h3-17,19,30,32H,18,20-21H2,1-2H3. The fourth-order valence-electron chi connectivity index (χ4n) is 3.80. The van der Waals surface area contributed by atoms with Crippen molar-refractivity contribution in [3.8, 4) is 5.75 Å². The van der Waals surface area contributed by atoms with Crippen LogP contribution in [0.1, 0.15) is 27.8 Å². The van der Waals surface area contributed by atoms with E-state index in [1.165, 1.54) is 38.4 Å². The van der Waals surface area contributed by atoms with Crippen molar-refractivity contribution in [2.24, 2.45) is 0 Å². The lowest BCUT2D eigenvalue weighted by Gasteiger charge is -2.16. The SMILES string of the molecule is CNCc1cc(C)ccc1Pc1cc(Cc2ccccc2)ccc1OCc1ccccc1. The molecular formula is C29H30NOP. The van der Waals surface area contributed by atoms with Crippen LogP contribution in [0.4, 0.5) is 0 Å². The highest BCUT2D eigenvalue weighted by Crippen LogP contribution is 2.25. The number of hydrogen-bond acceptors (Lipinski definition) is 2. The van der Waals surface area contributed by atoms with Gasteiger partial charge in [-0.1, -0.05) is 99.1 Å². The van der Waals surface area contributed by atoms with Crippen LogP contribution in [0.5, 0.6) is 5.75 Å². The Morgan fingerprint density at radius 2 is 1.44 bits per heavy atom. The van der Waals surface area contributed by atoms with Gasteiger partial charge in [-0.3, -0.25) is 0 Å². The minimum atomic E-state index is 0.540. The summed E-state index contributed by atoms with van der Waals surface area (Å²) in [6.45, 7) is 3.60. The molecule has 3 heteroatoms. The topological polar surface area (TPSA) is 21.3 Å². The first-order valence-electron chi connectivity index (χ1n) is 11.1. The maximum atomic E-state index is 6.32. The molecule has 0 saturated carbocycles. The molecule has 4 rings (SSSR count). The minimum absolute atomic E-state index is 0.540. The number of benzene rings is 4. The van der Waals surface area contributed by atoms with Crippen molar-refractivity contribution in [3.63, 3.8) is 0 Å². The minimum Gasteiger partial charge on any atom is -0.488 e. The molecule has 2 nitrogen and oxygen atoms in total. The maximum Gasteiger partial charge on any atom is 0.127 e. The van der Waals surface area contributed by atoms with Gasteiger partial charge in [0.15, 0.2) is 0 Å². The molecule has 0 spiro atoms. The van der Waals surface area contributed by atoms with Crippen LogP contribution in [0.3, 0.4) is 0 Å². The summed E-state index contributed by atoms with van der Waals surface area (Å²) in [7, 11) is 2.54. The number of hydrogen-bond donors (Lipinski definition) is 1. The molecule has 0 aromatic heterocycles. The number of ether oxygens (including phenoxy) is 1. The Hall–Kier alpha value is -2.93. The van der Waals surface area contributed by atoms with E-state index in [2.05, 4.69) is 103 Å². The summed E-state index contributed by atoms with van der Waals surface area (Å²) < 4.78 is 6.32. The molecule has 0 aliphatic carbocycles. The van der Waals surface area contributed by atoms with Gasteiger partial charge in [0.1, 0.15) is 12.4 Å². The third-order valence-electron chi connectivity index (χ3n) is 5.43. The molecule has 1 atom stereocenters. The molecule has 0 aliphatic heterocycles. The molecule has 0 aliphatic rings. The predicted octanol–water partition coefficient (Wildman–Crippen LogP) is 5.51. The lowest BCUT2D eigenvalue weighted by atomic mass is 10.1. The molecule has 4 aromatic carbocycles. The van der Waals surface area contributed by atoms with E-state index in [1.54, 1.807) is 0 Å². The molecule has 0 amide bonds. The van der Waals surface area contributed by atoms with E-state index in [0.717, 1.165) is 18.7 Å². The quantitative estimate of drug-likeness (QED) is 0.347. The van der Waals surface area contributed by atoms with Crippen molar-refractivity contribution in [2.75, 3.05) is 7.05 Å². The van der Waals surface area contributed by atoms with Gasteiger partial charge in [-0.05, 0) is 60.1 Å². The number of aryl methyl sites for hydroxylation is 1. The summed E-state index contributed by atoms with van der Waals surface area (Å²) >= 11 is 0. The molecule has 1 unspecified atom stereocenters. The summed E-state index contributed by atoms with van der Waals surface area (Å²) in [5.74, 6) is 0.972. The number of nitrogens with one attached hydrogen (secondary N) is 1. The van der Waals surface area contributed by atoms with Crippen molar-refractivity contribution in [2.45, 2.75) is 26.5 Å². The van der Waals surface area contributed by atoms with Gasteiger partial charge in [0.25, 0.3) is 0 Å². The Morgan fingerprint density at radius 3 is 2.16 bits per heavy atom. The normalized spacial score (nSPS) is 11.2. The smallest absolute Gasteiger partial charge is 0.127 e. The van der Waals surface area contributed by atoms with Crippen LogP contribution in [-0.4, -0.2) is 7.05 Å². The van der Waals surface area contributed by atoms with Crippen LogP contribution in [0.15, 0.2) is 97.1 Å². The van der Waals surface area contributed by atoms with Crippen molar-refractivity contribution in [1.29, 1.82) is 0 Å². The summed E-state index contributed by atoms with van der Waals surface area (Å²) in [6.07, 6.45) is 0.925. The molecule has 0 saturated heterocycles. The Balaban J connectivity index is 1.63. The van der Waals surface area contributed by atoms with Crippen molar-refractivity contribution < 1.29 is 4.74 Å². The van der Waals surface area contributed by atoms with E-state index in [1.807, 2.05) is 13.1 Å². The predicted molar refractivity (Wildman–Crippen MR) is 138 cm³/mol. The zero-order valence-corrected chi connectivity index (χ0v) is 19.8. The zero-order valence-electron chi connectivity index (χ0n) is 18.8. The van der Waals surface area contributed by atoms with E-state index in [9.17, 15) is 0 Å². The highest BCUT2D eigenvalue weighted by molar-refractivity contribution is 7.55. The van der Waals surface area contributed by atoms with Gasteiger partial charge in [-0.25, -0.2) is 0 Å². The highest BCUT2D eigenvalue weighted by Gasteiger charge is 2.11. The molecule has 4 aromatic rings. The fourth-order valence-corrected chi connectivity index (χ4v) is 5.12. The summed E-state index contributed by atoms with van der Waals surface area (Å²) in [6, 6.07) is 34.5. The zero-order chi connectivity index (χ0) is 22.2. The fraction of sp³-hybridized carbons (Fsp3) is 0.172. The Bertz CT molecular complexity index is 1140. The first kappa shape index (κ1) is 22.3. The van der Waals surface area contributed by atoms with E-state index in [4.69, 9.17) is 4.74 Å². The van der Waals surface area contributed by atoms with Gasteiger partial charge >= 0.3 is 0 Å². The lowest BCUT2D eigenvalue weighted by molar-refractivity contribution is 0.309. The second-order valence-electron chi connectivity index (χ2n) is 8.08. The first-order valence-corrected chi connectivity index (χ1v) is 12.1. The van der Waals surface area contributed by atoms with E-state index in [0.29, 0.717) is 15.2 Å². The van der Waals surface area contributed by atoms with E-state index in [-0.39, 0.29) is 0 Å². The Kier molecular flexibility index (Phi) is 7.72. The monoisotopic (exact) mass is 439 g/mol. The third-order valence-corrected chi connectivity index (χ3v) is 6.85.